The van der Waals surface area contributed by atoms with E-state index >= 15 is 0 Å². The van der Waals surface area contributed by atoms with E-state index in [0.717, 1.165) is 47.9 Å². The van der Waals surface area contributed by atoms with E-state index in [1.54, 1.807) is 0 Å². The minimum absolute atomic E-state index is 0.745. The van der Waals surface area contributed by atoms with E-state index in [9.17, 15) is 0 Å². The molecule has 2 aliphatic rings. The monoisotopic (exact) mass is 247 g/mol. The molecule has 1 saturated heterocycles. The highest BCUT2D eigenvalue weighted by Crippen LogP contribution is 2.40. The van der Waals surface area contributed by atoms with Crippen LogP contribution in [0.25, 0.3) is 0 Å². The smallest absolute Gasteiger partial charge is 0.148 e. The fourth-order valence-electron chi connectivity index (χ4n) is 3.47. The highest BCUT2D eigenvalue weighted by molar-refractivity contribution is 5.58. The molecule has 18 heavy (non-hydrogen) atoms. The molecule has 3 N–H and O–H groups in total. The van der Waals surface area contributed by atoms with Crippen molar-refractivity contribution in [2.24, 2.45) is 17.7 Å². The maximum absolute atomic E-state index is 5.52. The molecule has 1 aromatic heterocycles. The molecule has 2 atom stereocenters. The van der Waals surface area contributed by atoms with Crippen LogP contribution in [0.4, 0.5) is 11.6 Å². The number of hydrazine groups is 1. The molecule has 2 heterocycles. The maximum Gasteiger partial charge on any atom is 0.148 e. The average Bonchev–Trinajstić information content (AvgIpc) is 2.92. The van der Waals surface area contributed by atoms with Gasteiger partial charge in [0.2, 0.25) is 0 Å². The van der Waals surface area contributed by atoms with Gasteiger partial charge in [-0.3, -0.25) is 0 Å². The Kier molecular flexibility index (Phi) is 2.86. The topological polar surface area (TPSA) is 67.1 Å². The van der Waals surface area contributed by atoms with Gasteiger partial charge in [0.15, 0.2) is 0 Å². The molecule has 1 aliphatic heterocycles. The van der Waals surface area contributed by atoms with Gasteiger partial charge >= 0.3 is 0 Å². The van der Waals surface area contributed by atoms with Crippen molar-refractivity contribution in [3.05, 3.63) is 11.4 Å². The summed E-state index contributed by atoms with van der Waals surface area (Å²) in [4.78, 5) is 11.3. The van der Waals surface area contributed by atoms with Gasteiger partial charge in [-0.1, -0.05) is 6.42 Å². The number of aryl methyl sites for hydroxylation is 1. The van der Waals surface area contributed by atoms with Crippen LogP contribution in [0, 0.1) is 25.7 Å². The highest BCUT2D eigenvalue weighted by Gasteiger charge is 2.37. The quantitative estimate of drug-likeness (QED) is 0.614. The number of hydrogen-bond acceptors (Lipinski definition) is 5. The molecule has 1 aromatic rings. The molecule has 0 radical (unpaired) electrons. The first-order valence-electron chi connectivity index (χ1n) is 6.76. The predicted molar refractivity (Wildman–Crippen MR) is 72.4 cm³/mol. The number of hydrogen-bond donors (Lipinski definition) is 2. The summed E-state index contributed by atoms with van der Waals surface area (Å²) in [5.41, 5.74) is 3.73. The lowest BCUT2D eigenvalue weighted by atomic mass is 10.0. The second-order valence-corrected chi connectivity index (χ2v) is 5.57. The third kappa shape index (κ3) is 1.82. The predicted octanol–water partition coefficient (Wildman–Crippen LogP) is 1.62. The van der Waals surface area contributed by atoms with Gasteiger partial charge < -0.3 is 10.3 Å². The molecule has 1 aliphatic carbocycles. The number of nitrogens with zero attached hydrogens (tertiary/aromatic N) is 3. The van der Waals surface area contributed by atoms with Crippen molar-refractivity contribution in [3.63, 3.8) is 0 Å². The van der Waals surface area contributed by atoms with Crippen LogP contribution in [0.2, 0.25) is 0 Å². The summed E-state index contributed by atoms with van der Waals surface area (Å²) in [6.45, 7) is 6.25. The molecule has 5 heteroatoms. The van der Waals surface area contributed by atoms with E-state index < -0.39 is 0 Å². The van der Waals surface area contributed by atoms with Gasteiger partial charge in [-0.25, -0.2) is 15.8 Å². The van der Waals surface area contributed by atoms with Crippen LogP contribution in [0.1, 0.15) is 30.7 Å². The third-order valence-corrected chi connectivity index (χ3v) is 4.39. The van der Waals surface area contributed by atoms with Crippen LogP contribution in [0.15, 0.2) is 0 Å². The molecule has 0 bridgehead atoms. The van der Waals surface area contributed by atoms with Crippen molar-refractivity contribution >= 4 is 11.6 Å². The number of nitrogens with one attached hydrogen (secondary N) is 1. The molecule has 5 nitrogen and oxygen atoms in total. The van der Waals surface area contributed by atoms with Crippen LogP contribution < -0.4 is 16.2 Å². The number of aromatic nitrogens is 2. The number of fused-ring (bicyclic) bond motifs is 1. The third-order valence-electron chi connectivity index (χ3n) is 4.39. The molecule has 1 saturated carbocycles. The van der Waals surface area contributed by atoms with Crippen molar-refractivity contribution in [2.75, 3.05) is 23.4 Å². The zero-order chi connectivity index (χ0) is 12.7. The average molecular weight is 247 g/mol. The van der Waals surface area contributed by atoms with Gasteiger partial charge in [0.25, 0.3) is 0 Å². The second-order valence-electron chi connectivity index (χ2n) is 5.57. The van der Waals surface area contributed by atoms with Gasteiger partial charge in [0.1, 0.15) is 17.5 Å². The van der Waals surface area contributed by atoms with Gasteiger partial charge in [0.05, 0.1) is 0 Å². The van der Waals surface area contributed by atoms with E-state index in [0.29, 0.717) is 0 Å². The molecule has 0 amide bonds. The van der Waals surface area contributed by atoms with Crippen molar-refractivity contribution in [3.8, 4) is 0 Å². The number of nitrogen functional groups attached to an aromatic ring is 1. The minimum atomic E-state index is 0.745. The lowest BCUT2D eigenvalue weighted by Gasteiger charge is -2.22. The van der Waals surface area contributed by atoms with Crippen molar-refractivity contribution in [2.45, 2.75) is 33.1 Å². The zero-order valence-electron chi connectivity index (χ0n) is 11.1. The van der Waals surface area contributed by atoms with E-state index in [-0.39, 0.29) is 0 Å². The molecule has 3 rings (SSSR count). The number of rotatable bonds is 2. The van der Waals surface area contributed by atoms with Crippen LogP contribution in [-0.4, -0.2) is 23.1 Å². The molecular formula is C13H21N5. The Balaban J connectivity index is 1.90. The summed E-state index contributed by atoms with van der Waals surface area (Å²) in [7, 11) is 0. The highest BCUT2D eigenvalue weighted by atomic mass is 15.3. The SMILES string of the molecule is Cc1nc(NN)c(C)c(N2CC3CCCC3C2)n1. The standard InChI is InChI=1S/C13H21N5/c1-8-12(17-14)15-9(2)16-13(8)18-6-10-4-3-5-11(10)7-18/h10-11H,3-7,14H2,1-2H3,(H,15,16,17). The molecule has 98 valence electrons. The molecule has 2 unspecified atom stereocenters. The maximum atomic E-state index is 5.52. The zero-order valence-corrected chi connectivity index (χ0v) is 11.1. The molecule has 0 aromatic carbocycles. The first-order chi connectivity index (χ1) is 8.69. The van der Waals surface area contributed by atoms with E-state index in [4.69, 9.17) is 5.84 Å². The van der Waals surface area contributed by atoms with Crippen LogP contribution in [0.3, 0.4) is 0 Å². The van der Waals surface area contributed by atoms with E-state index in [1.165, 1.54) is 19.3 Å². The fraction of sp³-hybridized carbons (Fsp3) is 0.692. The number of anilines is 2. The van der Waals surface area contributed by atoms with Crippen molar-refractivity contribution in [1.82, 2.24) is 9.97 Å². The second kappa shape index (κ2) is 4.39. The first kappa shape index (κ1) is 11.7. The molecular weight excluding hydrogens is 226 g/mol. The summed E-state index contributed by atoms with van der Waals surface area (Å²) in [6.07, 6.45) is 4.17. The summed E-state index contributed by atoms with van der Waals surface area (Å²) in [5, 5.41) is 0. The Morgan fingerprint density at radius 2 is 1.83 bits per heavy atom. The summed E-state index contributed by atoms with van der Waals surface area (Å²) in [6, 6.07) is 0. The van der Waals surface area contributed by atoms with Crippen molar-refractivity contribution in [1.29, 1.82) is 0 Å². The van der Waals surface area contributed by atoms with Crippen LogP contribution >= 0.6 is 0 Å². The van der Waals surface area contributed by atoms with Crippen LogP contribution in [0.5, 0.6) is 0 Å². The Labute approximate surface area is 108 Å². The number of nitrogens with two attached hydrogens (primary N) is 1. The Morgan fingerprint density at radius 3 is 2.44 bits per heavy atom. The summed E-state index contributed by atoms with van der Waals surface area (Å²) >= 11 is 0. The fourth-order valence-corrected chi connectivity index (χ4v) is 3.47. The van der Waals surface area contributed by atoms with Gasteiger partial charge in [0, 0.05) is 18.7 Å². The molecule has 2 fully saturated rings. The lowest BCUT2D eigenvalue weighted by Crippen LogP contribution is -2.24. The van der Waals surface area contributed by atoms with Gasteiger partial charge in [-0.05, 0) is 38.5 Å². The Morgan fingerprint density at radius 1 is 1.17 bits per heavy atom. The van der Waals surface area contributed by atoms with Crippen LogP contribution in [-0.2, 0) is 0 Å². The Hall–Kier alpha value is -1.36. The van der Waals surface area contributed by atoms with E-state index in [2.05, 4.69) is 20.3 Å². The first-order valence-corrected chi connectivity index (χ1v) is 6.76. The Bertz CT molecular complexity index is 447. The molecule has 0 spiro atoms. The largest absolute Gasteiger partial charge is 0.356 e. The van der Waals surface area contributed by atoms with Crippen molar-refractivity contribution < 1.29 is 0 Å². The van der Waals surface area contributed by atoms with Gasteiger partial charge in [-0.15, -0.1) is 0 Å². The van der Waals surface area contributed by atoms with Gasteiger partial charge in [-0.2, -0.15) is 0 Å². The summed E-state index contributed by atoms with van der Waals surface area (Å²) < 4.78 is 0. The summed E-state index contributed by atoms with van der Waals surface area (Å²) in [5.74, 6) is 9.84. The lowest BCUT2D eigenvalue weighted by molar-refractivity contribution is 0.494. The minimum Gasteiger partial charge on any atom is -0.356 e. The van der Waals surface area contributed by atoms with E-state index in [1.807, 2.05) is 13.8 Å². The normalized spacial score (nSPS) is 26.5.